The van der Waals surface area contributed by atoms with Crippen LogP contribution in [0.2, 0.25) is 0 Å². The van der Waals surface area contributed by atoms with Crippen molar-refractivity contribution in [2.45, 2.75) is 24.2 Å². The molecule has 0 aliphatic carbocycles. The summed E-state index contributed by atoms with van der Waals surface area (Å²) in [5.41, 5.74) is 0. The molecule has 1 fully saturated rings. The molecule has 1 aliphatic rings. The predicted molar refractivity (Wildman–Crippen MR) is 82.5 cm³/mol. The molecule has 1 aromatic rings. The molecule has 2 N–H and O–H groups in total. The van der Waals surface area contributed by atoms with E-state index in [4.69, 9.17) is 5.11 Å². The molecule has 0 atom stereocenters. The molecule has 1 aromatic carbocycles. The average Bonchev–Trinajstić information content (AvgIpc) is 2.59. The molecule has 1 saturated heterocycles. The number of hydrogen-bond donors (Lipinski definition) is 2. The monoisotopic (exact) mass is 380 g/mol. The summed E-state index contributed by atoms with van der Waals surface area (Å²) in [6.07, 6.45) is 0.888. The Balaban J connectivity index is 2.05. The van der Waals surface area contributed by atoms with Gasteiger partial charge in [-0.3, -0.25) is 4.79 Å². The first-order valence-electron chi connectivity index (χ1n) is 7.81. The Hall–Kier alpha value is -1.65. The second-order valence-electron chi connectivity index (χ2n) is 5.72. The minimum absolute atomic E-state index is 0.0289. The van der Waals surface area contributed by atoms with Crippen molar-refractivity contribution in [2.24, 2.45) is 5.92 Å². The fourth-order valence-electron chi connectivity index (χ4n) is 2.64. The third-order valence-corrected chi connectivity index (χ3v) is 5.99. The van der Waals surface area contributed by atoms with Gasteiger partial charge in [0, 0.05) is 32.2 Å². The minimum Gasteiger partial charge on any atom is -0.396 e. The second kappa shape index (κ2) is 8.15. The van der Waals surface area contributed by atoms with Gasteiger partial charge in [0.05, 0.1) is 0 Å². The third-order valence-electron chi connectivity index (χ3n) is 4.08. The number of aliphatic hydroxyl groups is 1. The van der Waals surface area contributed by atoms with Gasteiger partial charge in [0.2, 0.25) is 15.9 Å². The molecule has 0 radical (unpaired) electrons. The second-order valence-corrected chi connectivity index (χ2v) is 7.63. The molecule has 0 bridgehead atoms. The van der Waals surface area contributed by atoms with Crippen LogP contribution in [0.25, 0.3) is 0 Å². The van der Waals surface area contributed by atoms with Gasteiger partial charge < -0.3 is 10.4 Å². The zero-order valence-corrected chi connectivity index (χ0v) is 14.2. The van der Waals surface area contributed by atoms with Crippen molar-refractivity contribution in [3.63, 3.8) is 0 Å². The number of nitrogens with zero attached hydrogens (tertiary/aromatic N) is 1. The Bertz CT molecular complexity index is 735. The normalized spacial score (nSPS) is 16.8. The average molecular weight is 380 g/mol. The first-order chi connectivity index (χ1) is 11.8. The highest BCUT2D eigenvalue weighted by atomic mass is 32.2. The number of aliphatic hydroxyl groups excluding tert-OH is 1. The smallest absolute Gasteiger partial charge is 0.246 e. The van der Waals surface area contributed by atoms with Crippen molar-refractivity contribution in [1.29, 1.82) is 0 Å². The highest BCUT2D eigenvalue weighted by molar-refractivity contribution is 7.89. The first kappa shape index (κ1) is 19.7. The standard InChI is InChI=1S/C15H19F3N2O4S/c16-11-2-3-12(14(18)13(11)17)25(23,24)20-7-4-10(5-8-20)15(22)19-6-1-9-21/h2-3,10,21H,1,4-9H2,(H,19,22). The van der Waals surface area contributed by atoms with Gasteiger partial charge in [-0.15, -0.1) is 0 Å². The molecule has 0 spiro atoms. The number of amides is 1. The van der Waals surface area contributed by atoms with Gasteiger partial charge in [-0.25, -0.2) is 21.6 Å². The molecule has 0 unspecified atom stereocenters. The van der Waals surface area contributed by atoms with Crippen molar-refractivity contribution in [1.82, 2.24) is 9.62 Å². The zero-order valence-electron chi connectivity index (χ0n) is 13.3. The number of benzene rings is 1. The van der Waals surface area contributed by atoms with Gasteiger partial charge in [0.1, 0.15) is 4.90 Å². The largest absolute Gasteiger partial charge is 0.396 e. The van der Waals surface area contributed by atoms with Crippen LogP contribution < -0.4 is 5.32 Å². The topological polar surface area (TPSA) is 86.7 Å². The maximum Gasteiger partial charge on any atom is 0.246 e. The lowest BCUT2D eigenvalue weighted by atomic mass is 9.97. The predicted octanol–water partition coefficient (Wildman–Crippen LogP) is 1.00. The number of carbonyl (C=O) groups excluding carboxylic acids is 1. The Morgan fingerprint density at radius 1 is 1.20 bits per heavy atom. The van der Waals surface area contributed by atoms with E-state index in [9.17, 15) is 26.4 Å². The van der Waals surface area contributed by atoms with Crippen LogP contribution in [0.3, 0.4) is 0 Å². The molecule has 1 heterocycles. The summed E-state index contributed by atoms with van der Waals surface area (Å²) in [4.78, 5) is 11.0. The van der Waals surface area contributed by atoms with Crippen molar-refractivity contribution in [2.75, 3.05) is 26.2 Å². The highest BCUT2D eigenvalue weighted by Gasteiger charge is 2.34. The van der Waals surface area contributed by atoms with Crippen LogP contribution in [0.4, 0.5) is 13.2 Å². The summed E-state index contributed by atoms with van der Waals surface area (Å²) in [6, 6.07) is 1.25. The van der Waals surface area contributed by atoms with Gasteiger partial charge in [-0.2, -0.15) is 4.31 Å². The van der Waals surface area contributed by atoms with Crippen LogP contribution in [0, 0.1) is 23.4 Å². The van der Waals surface area contributed by atoms with E-state index in [1.165, 1.54) is 0 Å². The van der Waals surface area contributed by atoms with Crippen LogP contribution >= 0.6 is 0 Å². The van der Waals surface area contributed by atoms with Crippen molar-refractivity contribution >= 4 is 15.9 Å². The minimum atomic E-state index is -4.32. The van der Waals surface area contributed by atoms with Crippen LogP contribution in [0.1, 0.15) is 19.3 Å². The Kier molecular flexibility index (Phi) is 6.42. The maximum absolute atomic E-state index is 13.8. The van der Waals surface area contributed by atoms with Gasteiger partial charge in [0.25, 0.3) is 0 Å². The summed E-state index contributed by atoms with van der Waals surface area (Å²) in [5.74, 6) is -5.66. The van der Waals surface area contributed by atoms with Crippen molar-refractivity contribution in [3.8, 4) is 0 Å². The van der Waals surface area contributed by atoms with E-state index in [0.717, 1.165) is 4.31 Å². The van der Waals surface area contributed by atoms with Crippen LogP contribution in [0.15, 0.2) is 17.0 Å². The van der Waals surface area contributed by atoms with Gasteiger partial charge in [0.15, 0.2) is 17.5 Å². The molecule has 25 heavy (non-hydrogen) atoms. The third kappa shape index (κ3) is 4.31. The number of carbonyl (C=O) groups is 1. The molecule has 1 amide bonds. The van der Waals surface area contributed by atoms with Crippen molar-refractivity contribution < 1.29 is 31.5 Å². The lowest BCUT2D eigenvalue weighted by Crippen LogP contribution is -2.43. The molecule has 2 rings (SSSR count). The number of halogens is 3. The lowest BCUT2D eigenvalue weighted by Gasteiger charge is -2.30. The summed E-state index contributed by atoms with van der Waals surface area (Å²) >= 11 is 0. The number of rotatable bonds is 6. The fraction of sp³-hybridized carbons (Fsp3) is 0.533. The highest BCUT2D eigenvalue weighted by Crippen LogP contribution is 2.27. The number of piperidine rings is 1. The summed E-state index contributed by atoms with van der Waals surface area (Å²) in [6.45, 7) is 0.225. The van der Waals surface area contributed by atoms with Gasteiger partial charge in [-0.1, -0.05) is 0 Å². The summed E-state index contributed by atoms with van der Waals surface area (Å²) in [7, 11) is -4.32. The van der Waals surface area contributed by atoms with E-state index in [2.05, 4.69) is 5.32 Å². The Labute approximate surface area is 143 Å². The number of hydrogen-bond acceptors (Lipinski definition) is 4. The van der Waals surface area contributed by atoms with E-state index < -0.39 is 32.4 Å². The maximum atomic E-state index is 13.8. The van der Waals surface area contributed by atoms with E-state index in [1.807, 2.05) is 0 Å². The van der Waals surface area contributed by atoms with Crippen LogP contribution in [-0.4, -0.2) is 50.0 Å². The van der Waals surface area contributed by atoms with Gasteiger partial charge in [-0.05, 0) is 31.4 Å². The van der Waals surface area contributed by atoms with Gasteiger partial charge >= 0.3 is 0 Å². The van der Waals surface area contributed by atoms with E-state index >= 15 is 0 Å². The molecule has 0 aromatic heterocycles. The zero-order chi connectivity index (χ0) is 18.6. The SMILES string of the molecule is O=C(NCCCO)C1CCN(S(=O)(=O)c2ccc(F)c(F)c2F)CC1. The molecule has 1 aliphatic heterocycles. The van der Waals surface area contributed by atoms with Crippen LogP contribution in [-0.2, 0) is 14.8 Å². The van der Waals surface area contributed by atoms with E-state index in [-0.39, 0.29) is 44.4 Å². The number of sulfonamides is 1. The van der Waals surface area contributed by atoms with E-state index in [1.54, 1.807) is 0 Å². The summed E-state index contributed by atoms with van der Waals surface area (Å²) in [5, 5.41) is 11.3. The first-order valence-corrected chi connectivity index (χ1v) is 9.25. The molecule has 6 nitrogen and oxygen atoms in total. The Morgan fingerprint density at radius 2 is 1.84 bits per heavy atom. The fourth-order valence-corrected chi connectivity index (χ4v) is 4.17. The summed E-state index contributed by atoms with van der Waals surface area (Å²) < 4.78 is 65.9. The molecular weight excluding hydrogens is 361 g/mol. The molecular formula is C15H19F3N2O4S. The molecule has 10 heteroatoms. The molecule has 0 saturated carbocycles. The number of nitrogens with one attached hydrogen (secondary N) is 1. The van der Waals surface area contributed by atoms with Crippen LogP contribution in [0.5, 0.6) is 0 Å². The quantitative estimate of drug-likeness (QED) is 0.570. The van der Waals surface area contributed by atoms with Crippen molar-refractivity contribution in [3.05, 3.63) is 29.6 Å². The lowest BCUT2D eigenvalue weighted by molar-refractivity contribution is -0.126. The molecule has 140 valence electrons. The van der Waals surface area contributed by atoms with E-state index in [0.29, 0.717) is 25.1 Å². The Morgan fingerprint density at radius 3 is 2.44 bits per heavy atom.